The molecule has 7 heteroatoms. The molecule has 1 heterocycles. The monoisotopic (exact) mass is 431 g/mol. The highest BCUT2D eigenvalue weighted by molar-refractivity contribution is 9.11. The number of thiophene rings is 1. The lowest BCUT2D eigenvalue weighted by Crippen LogP contribution is -2.14. The van der Waals surface area contributed by atoms with Crippen molar-refractivity contribution in [2.24, 2.45) is 0 Å². The number of rotatable bonds is 3. The Morgan fingerprint density at radius 2 is 1.81 bits per heavy atom. The average Bonchev–Trinajstić information content (AvgIpc) is 2.78. The summed E-state index contributed by atoms with van der Waals surface area (Å²) in [7, 11) is 1.31. The van der Waals surface area contributed by atoms with Crippen molar-refractivity contribution in [1.82, 2.24) is 0 Å². The fraction of sp³-hybridized carbons (Fsp3) is 0.143. The number of aryl methyl sites for hydroxylation is 1. The molecule has 0 saturated carbocycles. The molecule has 2 rings (SSSR count). The Bertz CT molecular complexity index is 692. The van der Waals surface area contributed by atoms with E-state index in [1.54, 1.807) is 17.5 Å². The van der Waals surface area contributed by atoms with Crippen molar-refractivity contribution < 1.29 is 14.3 Å². The van der Waals surface area contributed by atoms with Crippen LogP contribution in [-0.4, -0.2) is 19.0 Å². The van der Waals surface area contributed by atoms with Crippen LogP contribution in [0.3, 0.4) is 0 Å². The minimum absolute atomic E-state index is 0.288. The summed E-state index contributed by atoms with van der Waals surface area (Å²) in [5, 5.41) is 4.58. The second-order valence-electron chi connectivity index (χ2n) is 4.23. The number of nitrogens with one attached hydrogen (secondary N) is 1. The normalized spacial score (nSPS) is 10.3. The first-order valence-corrected chi connectivity index (χ1v) is 8.32. The van der Waals surface area contributed by atoms with Gasteiger partial charge in [0.25, 0.3) is 5.91 Å². The van der Waals surface area contributed by atoms with E-state index >= 15 is 0 Å². The number of esters is 1. The van der Waals surface area contributed by atoms with Gasteiger partial charge in [-0.25, -0.2) is 4.79 Å². The molecule has 1 N–H and O–H groups in total. The van der Waals surface area contributed by atoms with Gasteiger partial charge in [0, 0.05) is 14.5 Å². The van der Waals surface area contributed by atoms with Crippen LogP contribution in [0.1, 0.15) is 25.6 Å². The number of benzene rings is 1. The molecule has 0 aliphatic carbocycles. The third-order valence-electron chi connectivity index (χ3n) is 2.71. The SMILES string of the molecule is COC(=O)c1scc(C)c1NC(=O)c1cc(Br)cc(Br)c1. The molecule has 0 bridgehead atoms. The molecular formula is C14H11Br2NO3S. The van der Waals surface area contributed by atoms with E-state index in [9.17, 15) is 9.59 Å². The lowest BCUT2D eigenvalue weighted by atomic mass is 10.2. The molecule has 110 valence electrons. The third kappa shape index (κ3) is 3.72. The number of anilines is 1. The molecule has 1 aromatic carbocycles. The van der Waals surface area contributed by atoms with Crippen molar-refractivity contribution in [2.75, 3.05) is 12.4 Å². The molecule has 0 aliphatic rings. The minimum Gasteiger partial charge on any atom is -0.465 e. The van der Waals surface area contributed by atoms with Gasteiger partial charge in [-0.1, -0.05) is 31.9 Å². The van der Waals surface area contributed by atoms with E-state index in [1.165, 1.54) is 18.4 Å². The summed E-state index contributed by atoms with van der Waals surface area (Å²) in [5.74, 6) is -0.748. The molecule has 2 aromatic rings. The van der Waals surface area contributed by atoms with Gasteiger partial charge in [-0.15, -0.1) is 11.3 Å². The van der Waals surface area contributed by atoms with Crippen LogP contribution in [0.4, 0.5) is 5.69 Å². The topological polar surface area (TPSA) is 55.4 Å². The molecular weight excluding hydrogens is 422 g/mol. The zero-order chi connectivity index (χ0) is 15.6. The Labute approximate surface area is 142 Å². The van der Waals surface area contributed by atoms with Gasteiger partial charge in [-0.3, -0.25) is 4.79 Å². The van der Waals surface area contributed by atoms with Gasteiger partial charge in [0.15, 0.2) is 0 Å². The summed E-state index contributed by atoms with van der Waals surface area (Å²) in [6, 6.07) is 5.26. The number of carbonyl (C=O) groups excluding carboxylic acids is 2. The van der Waals surface area contributed by atoms with Crippen molar-refractivity contribution in [1.29, 1.82) is 0 Å². The molecule has 1 aromatic heterocycles. The Balaban J connectivity index is 2.31. The van der Waals surface area contributed by atoms with E-state index in [4.69, 9.17) is 4.74 Å². The van der Waals surface area contributed by atoms with E-state index < -0.39 is 5.97 Å². The van der Waals surface area contributed by atoms with Gasteiger partial charge in [0.2, 0.25) is 0 Å². The van der Waals surface area contributed by atoms with Gasteiger partial charge in [0.1, 0.15) is 4.88 Å². The van der Waals surface area contributed by atoms with Gasteiger partial charge >= 0.3 is 5.97 Å². The zero-order valence-electron chi connectivity index (χ0n) is 11.2. The molecule has 0 fully saturated rings. The maximum absolute atomic E-state index is 12.3. The van der Waals surface area contributed by atoms with E-state index in [0.29, 0.717) is 16.1 Å². The molecule has 0 spiro atoms. The Morgan fingerprint density at radius 3 is 2.38 bits per heavy atom. The van der Waals surface area contributed by atoms with Crippen LogP contribution in [-0.2, 0) is 4.74 Å². The minimum atomic E-state index is -0.459. The number of ether oxygens (including phenoxy) is 1. The summed E-state index contributed by atoms with van der Waals surface area (Å²) in [6.45, 7) is 1.83. The molecule has 1 amide bonds. The Hall–Kier alpha value is -1.18. The van der Waals surface area contributed by atoms with Crippen molar-refractivity contribution >= 4 is 60.8 Å². The van der Waals surface area contributed by atoms with Crippen molar-refractivity contribution in [2.45, 2.75) is 6.92 Å². The second-order valence-corrected chi connectivity index (χ2v) is 6.94. The van der Waals surface area contributed by atoms with Crippen LogP contribution in [0.15, 0.2) is 32.5 Å². The van der Waals surface area contributed by atoms with E-state index in [1.807, 2.05) is 13.0 Å². The van der Waals surface area contributed by atoms with Gasteiger partial charge < -0.3 is 10.1 Å². The predicted octanol–water partition coefficient (Wildman–Crippen LogP) is 4.62. The summed E-state index contributed by atoms with van der Waals surface area (Å²) in [5.41, 5.74) is 1.80. The maximum atomic E-state index is 12.3. The highest BCUT2D eigenvalue weighted by atomic mass is 79.9. The largest absolute Gasteiger partial charge is 0.465 e. The zero-order valence-corrected chi connectivity index (χ0v) is 15.2. The molecule has 0 atom stereocenters. The fourth-order valence-electron chi connectivity index (χ4n) is 1.71. The number of amides is 1. The van der Waals surface area contributed by atoms with Crippen LogP contribution in [0, 0.1) is 6.92 Å². The molecule has 0 unspecified atom stereocenters. The maximum Gasteiger partial charge on any atom is 0.350 e. The number of hydrogen-bond acceptors (Lipinski definition) is 4. The highest BCUT2D eigenvalue weighted by Crippen LogP contribution is 2.29. The number of methoxy groups -OCH3 is 1. The first-order valence-electron chi connectivity index (χ1n) is 5.86. The predicted molar refractivity (Wildman–Crippen MR) is 90.2 cm³/mol. The summed E-state index contributed by atoms with van der Waals surface area (Å²) < 4.78 is 6.30. The molecule has 0 radical (unpaired) electrons. The molecule has 21 heavy (non-hydrogen) atoms. The summed E-state index contributed by atoms with van der Waals surface area (Å²) in [6.07, 6.45) is 0. The van der Waals surface area contributed by atoms with E-state index in [-0.39, 0.29) is 5.91 Å². The summed E-state index contributed by atoms with van der Waals surface area (Å²) in [4.78, 5) is 24.4. The smallest absolute Gasteiger partial charge is 0.350 e. The standard InChI is InChI=1S/C14H11Br2NO3S/c1-7-6-21-12(14(19)20-2)11(7)17-13(18)8-3-9(15)5-10(16)4-8/h3-6H,1-2H3,(H,17,18). The fourth-order valence-corrected chi connectivity index (χ4v) is 3.93. The van der Waals surface area contributed by atoms with Gasteiger partial charge in [0.05, 0.1) is 12.8 Å². The van der Waals surface area contributed by atoms with Crippen molar-refractivity contribution in [3.8, 4) is 0 Å². The lowest BCUT2D eigenvalue weighted by Gasteiger charge is -2.08. The van der Waals surface area contributed by atoms with Crippen LogP contribution < -0.4 is 5.32 Å². The van der Waals surface area contributed by atoms with Crippen molar-refractivity contribution in [3.05, 3.63) is 48.5 Å². The molecule has 0 aliphatic heterocycles. The van der Waals surface area contributed by atoms with Crippen LogP contribution in [0.5, 0.6) is 0 Å². The quantitative estimate of drug-likeness (QED) is 0.720. The van der Waals surface area contributed by atoms with Gasteiger partial charge in [-0.05, 0) is 36.1 Å². The molecule has 0 saturated heterocycles. The van der Waals surface area contributed by atoms with E-state index in [2.05, 4.69) is 37.2 Å². The number of hydrogen-bond donors (Lipinski definition) is 1. The number of halogens is 2. The Morgan fingerprint density at radius 1 is 1.19 bits per heavy atom. The summed E-state index contributed by atoms with van der Waals surface area (Å²) >= 11 is 7.93. The first-order chi connectivity index (χ1) is 9.92. The number of carbonyl (C=O) groups is 2. The first kappa shape index (κ1) is 16.2. The highest BCUT2D eigenvalue weighted by Gasteiger charge is 2.19. The van der Waals surface area contributed by atoms with E-state index in [0.717, 1.165) is 14.5 Å². The second kappa shape index (κ2) is 6.72. The van der Waals surface area contributed by atoms with Crippen LogP contribution >= 0.6 is 43.2 Å². The average molecular weight is 433 g/mol. The van der Waals surface area contributed by atoms with Crippen molar-refractivity contribution in [3.63, 3.8) is 0 Å². The van der Waals surface area contributed by atoms with Crippen LogP contribution in [0.2, 0.25) is 0 Å². The molecule has 4 nitrogen and oxygen atoms in total. The van der Waals surface area contributed by atoms with Crippen LogP contribution in [0.25, 0.3) is 0 Å². The Kier molecular flexibility index (Phi) is 5.18. The lowest BCUT2D eigenvalue weighted by molar-refractivity contribution is 0.0607. The third-order valence-corrected chi connectivity index (χ3v) is 4.70. The van der Waals surface area contributed by atoms with Gasteiger partial charge in [-0.2, -0.15) is 0 Å².